The van der Waals surface area contributed by atoms with Crippen LogP contribution < -0.4 is 5.32 Å². The third-order valence-corrected chi connectivity index (χ3v) is 4.05. The maximum Gasteiger partial charge on any atom is 0.0409 e. The summed E-state index contributed by atoms with van der Waals surface area (Å²) in [6.07, 6.45) is 1.15. The maximum atomic E-state index is 6.08. The van der Waals surface area contributed by atoms with Gasteiger partial charge in [-0.15, -0.1) is 0 Å². The van der Waals surface area contributed by atoms with Gasteiger partial charge in [0.05, 0.1) is 0 Å². The Morgan fingerprint density at radius 3 is 2.72 bits per heavy atom. The maximum absolute atomic E-state index is 6.08. The summed E-state index contributed by atoms with van der Waals surface area (Å²) in [6.45, 7) is 0. The van der Waals surface area contributed by atoms with E-state index in [2.05, 4.69) is 41.7 Å². The van der Waals surface area contributed by atoms with Gasteiger partial charge >= 0.3 is 0 Å². The Morgan fingerprint density at radius 2 is 2.00 bits per heavy atom. The van der Waals surface area contributed by atoms with Gasteiger partial charge in [0.1, 0.15) is 0 Å². The van der Waals surface area contributed by atoms with E-state index in [0.717, 1.165) is 11.4 Å². The Morgan fingerprint density at radius 1 is 1.17 bits per heavy atom. The molecule has 2 atom stereocenters. The molecule has 1 aliphatic carbocycles. The summed E-state index contributed by atoms with van der Waals surface area (Å²) in [7, 11) is 2.02. The molecule has 0 aliphatic heterocycles. The minimum Gasteiger partial charge on any atom is -0.312 e. The summed E-state index contributed by atoms with van der Waals surface area (Å²) in [6, 6.07) is 17.2. The standard InChI is InChI=1S/C16H16ClN/c1-18-16(12-6-4-7-13(17)9-12)15-10-11-5-2-3-8-14(11)15/h2-9,15-16,18H,10H2,1H3. The summed E-state index contributed by atoms with van der Waals surface area (Å²) in [5.41, 5.74) is 4.21. The van der Waals surface area contributed by atoms with Crippen molar-refractivity contribution in [1.29, 1.82) is 0 Å². The van der Waals surface area contributed by atoms with Crippen LogP contribution in [-0.2, 0) is 6.42 Å². The minimum atomic E-state index is 0.346. The molecule has 1 nitrogen and oxygen atoms in total. The van der Waals surface area contributed by atoms with Gasteiger partial charge in [-0.1, -0.05) is 48.0 Å². The zero-order chi connectivity index (χ0) is 12.5. The monoisotopic (exact) mass is 257 g/mol. The van der Waals surface area contributed by atoms with E-state index in [1.165, 1.54) is 16.7 Å². The minimum absolute atomic E-state index is 0.346. The molecule has 0 saturated heterocycles. The number of benzene rings is 2. The van der Waals surface area contributed by atoms with Crippen LogP contribution in [0.2, 0.25) is 5.02 Å². The first kappa shape index (κ1) is 11.8. The molecule has 0 fully saturated rings. The van der Waals surface area contributed by atoms with E-state index in [1.807, 2.05) is 19.2 Å². The predicted octanol–water partition coefficient (Wildman–Crippen LogP) is 3.94. The third kappa shape index (κ3) is 1.94. The van der Waals surface area contributed by atoms with Gasteiger partial charge in [0.15, 0.2) is 0 Å². The van der Waals surface area contributed by atoms with Crippen molar-refractivity contribution in [2.45, 2.75) is 18.4 Å². The van der Waals surface area contributed by atoms with Crippen molar-refractivity contribution >= 4 is 11.6 Å². The van der Waals surface area contributed by atoms with Crippen LogP contribution in [-0.4, -0.2) is 7.05 Å². The number of hydrogen-bond acceptors (Lipinski definition) is 1. The zero-order valence-corrected chi connectivity index (χ0v) is 11.1. The lowest BCUT2D eigenvalue weighted by atomic mass is 9.72. The number of hydrogen-bond donors (Lipinski definition) is 1. The lowest BCUT2D eigenvalue weighted by Crippen LogP contribution is -2.31. The van der Waals surface area contributed by atoms with Gasteiger partial charge in [-0.05, 0) is 42.3 Å². The number of rotatable bonds is 3. The molecular weight excluding hydrogens is 242 g/mol. The van der Waals surface area contributed by atoms with Crippen LogP contribution in [0.25, 0.3) is 0 Å². The Balaban J connectivity index is 1.92. The summed E-state index contributed by atoms with van der Waals surface area (Å²) in [5.74, 6) is 0.560. The molecule has 0 radical (unpaired) electrons. The van der Waals surface area contributed by atoms with Crippen molar-refractivity contribution in [3.05, 3.63) is 70.2 Å². The number of likely N-dealkylation sites (N-methyl/N-ethyl adjacent to an activating group) is 1. The molecule has 0 saturated carbocycles. The summed E-state index contributed by atoms with van der Waals surface area (Å²) in [4.78, 5) is 0. The molecular formula is C16H16ClN. The smallest absolute Gasteiger partial charge is 0.0409 e. The second-order valence-electron chi connectivity index (χ2n) is 4.83. The topological polar surface area (TPSA) is 12.0 Å². The van der Waals surface area contributed by atoms with E-state index in [4.69, 9.17) is 11.6 Å². The average molecular weight is 258 g/mol. The predicted molar refractivity (Wildman–Crippen MR) is 76.1 cm³/mol. The van der Waals surface area contributed by atoms with Crippen molar-refractivity contribution in [1.82, 2.24) is 5.32 Å². The Bertz CT molecular complexity index is 565. The first-order chi connectivity index (χ1) is 8.79. The number of nitrogens with one attached hydrogen (secondary N) is 1. The third-order valence-electron chi connectivity index (χ3n) is 3.82. The van der Waals surface area contributed by atoms with Crippen molar-refractivity contribution in [3.63, 3.8) is 0 Å². The highest BCUT2D eigenvalue weighted by Crippen LogP contribution is 2.43. The van der Waals surface area contributed by atoms with Crippen LogP contribution in [0.3, 0.4) is 0 Å². The van der Waals surface area contributed by atoms with Crippen LogP contribution in [0.1, 0.15) is 28.7 Å². The van der Waals surface area contributed by atoms with Crippen molar-refractivity contribution in [2.75, 3.05) is 7.05 Å². The molecule has 1 N–H and O–H groups in total. The molecule has 1 aliphatic rings. The largest absolute Gasteiger partial charge is 0.312 e. The highest BCUT2D eigenvalue weighted by molar-refractivity contribution is 6.30. The molecule has 0 amide bonds. The molecule has 92 valence electrons. The van der Waals surface area contributed by atoms with E-state index in [-0.39, 0.29) is 0 Å². The van der Waals surface area contributed by atoms with Gasteiger partial charge in [-0.3, -0.25) is 0 Å². The van der Waals surface area contributed by atoms with Crippen molar-refractivity contribution < 1.29 is 0 Å². The Labute approximate surface area is 113 Å². The number of fused-ring (bicyclic) bond motifs is 1. The van der Waals surface area contributed by atoms with Crippen LogP contribution in [0.5, 0.6) is 0 Å². The average Bonchev–Trinajstić information content (AvgIpc) is 2.36. The normalized spacial score (nSPS) is 18.9. The molecule has 3 rings (SSSR count). The Hall–Kier alpha value is -1.31. The molecule has 0 heterocycles. The zero-order valence-electron chi connectivity index (χ0n) is 10.4. The first-order valence-corrected chi connectivity index (χ1v) is 6.68. The highest BCUT2D eigenvalue weighted by atomic mass is 35.5. The molecule has 0 bridgehead atoms. The second-order valence-corrected chi connectivity index (χ2v) is 5.27. The highest BCUT2D eigenvalue weighted by Gasteiger charge is 2.32. The lowest BCUT2D eigenvalue weighted by molar-refractivity contribution is 0.439. The van der Waals surface area contributed by atoms with E-state index in [9.17, 15) is 0 Å². The van der Waals surface area contributed by atoms with Crippen LogP contribution in [0, 0.1) is 0 Å². The number of halogens is 1. The fourth-order valence-electron chi connectivity index (χ4n) is 2.90. The quantitative estimate of drug-likeness (QED) is 0.878. The van der Waals surface area contributed by atoms with Crippen molar-refractivity contribution in [2.24, 2.45) is 0 Å². The molecule has 18 heavy (non-hydrogen) atoms. The van der Waals surface area contributed by atoms with Crippen LogP contribution >= 0.6 is 11.6 Å². The molecule has 2 aromatic rings. The molecule has 0 spiro atoms. The van der Waals surface area contributed by atoms with Gasteiger partial charge < -0.3 is 5.32 Å². The fourth-order valence-corrected chi connectivity index (χ4v) is 3.09. The molecule has 0 aromatic heterocycles. The van der Waals surface area contributed by atoms with Gasteiger partial charge in [0.25, 0.3) is 0 Å². The summed E-state index contributed by atoms with van der Waals surface area (Å²) >= 11 is 6.08. The first-order valence-electron chi connectivity index (χ1n) is 6.30. The molecule has 2 unspecified atom stereocenters. The Kier molecular flexibility index (Phi) is 3.11. The summed E-state index contributed by atoms with van der Waals surface area (Å²) < 4.78 is 0. The van der Waals surface area contributed by atoms with E-state index >= 15 is 0 Å². The lowest BCUT2D eigenvalue weighted by Gasteiger charge is -2.36. The van der Waals surface area contributed by atoms with Crippen LogP contribution in [0.4, 0.5) is 0 Å². The molecule has 2 heteroatoms. The van der Waals surface area contributed by atoms with Crippen molar-refractivity contribution in [3.8, 4) is 0 Å². The second kappa shape index (κ2) is 4.75. The van der Waals surface area contributed by atoms with Gasteiger partial charge in [0, 0.05) is 17.0 Å². The fraction of sp³-hybridized carbons (Fsp3) is 0.250. The van der Waals surface area contributed by atoms with E-state index < -0.39 is 0 Å². The van der Waals surface area contributed by atoms with Gasteiger partial charge in [0.2, 0.25) is 0 Å². The SMILES string of the molecule is CNC(c1cccc(Cl)c1)C1Cc2ccccc21. The van der Waals surface area contributed by atoms with E-state index in [1.54, 1.807) is 0 Å². The van der Waals surface area contributed by atoms with Crippen LogP contribution in [0.15, 0.2) is 48.5 Å². The van der Waals surface area contributed by atoms with Gasteiger partial charge in [-0.25, -0.2) is 0 Å². The summed E-state index contributed by atoms with van der Waals surface area (Å²) in [5, 5.41) is 4.24. The van der Waals surface area contributed by atoms with E-state index in [0.29, 0.717) is 12.0 Å². The molecule has 2 aromatic carbocycles. The van der Waals surface area contributed by atoms with Gasteiger partial charge in [-0.2, -0.15) is 0 Å².